The Morgan fingerprint density at radius 3 is 2.38 bits per heavy atom. The van der Waals surface area contributed by atoms with Crippen molar-refractivity contribution in [3.05, 3.63) is 33.6 Å². The fraction of sp³-hybridized carbons (Fsp3) is 0.364. The Bertz CT molecular complexity index is 386. The number of alkyl halides is 1. The lowest BCUT2D eigenvalue weighted by Gasteiger charge is -2.09. The summed E-state index contributed by atoms with van der Waals surface area (Å²) in [4.78, 5) is 11.1. The first-order valence-corrected chi connectivity index (χ1v) is 6.43. The molecule has 5 heteroatoms. The molecule has 88 valence electrons. The molecule has 0 N–H and O–H groups in total. The molecule has 0 saturated carbocycles. The van der Waals surface area contributed by atoms with E-state index >= 15 is 0 Å². The molecule has 0 fully saturated rings. The number of hydrogen-bond acceptors (Lipinski definition) is 1. The number of halogens is 4. The number of carbonyl (C=O) groups is 1. The van der Waals surface area contributed by atoms with Crippen molar-refractivity contribution in [1.82, 2.24) is 0 Å². The molecule has 0 aliphatic heterocycles. The molecule has 1 atom stereocenters. The van der Waals surface area contributed by atoms with Gasteiger partial charge in [0.05, 0.1) is 14.9 Å². The normalized spacial score (nSPS) is 12.6. The van der Waals surface area contributed by atoms with Crippen molar-refractivity contribution >= 4 is 44.9 Å². The third-order valence-corrected chi connectivity index (χ3v) is 3.54. The lowest BCUT2D eigenvalue weighted by atomic mass is 10.1. The van der Waals surface area contributed by atoms with Gasteiger partial charge in [-0.15, -0.1) is 0 Å². The molecular formula is C11H10BrCl2FO. The second kappa shape index (κ2) is 5.99. The molecule has 0 saturated heterocycles. The van der Waals surface area contributed by atoms with Crippen LogP contribution in [0.4, 0.5) is 4.39 Å². The van der Waals surface area contributed by atoms with Crippen molar-refractivity contribution in [3.63, 3.8) is 0 Å². The average Bonchev–Trinajstić information content (AvgIpc) is 2.24. The van der Waals surface area contributed by atoms with Crippen LogP contribution in [-0.2, 0) is 11.2 Å². The predicted octanol–water partition coefficient (Wildman–Crippen LogP) is 4.42. The molecule has 1 rings (SSSR count). The van der Waals surface area contributed by atoms with Crippen molar-refractivity contribution in [1.29, 1.82) is 0 Å². The zero-order chi connectivity index (χ0) is 12.3. The van der Waals surface area contributed by atoms with Crippen LogP contribution in [0, 0.1) is 5.82 Å². The minimum absolute atomic E-state index is 0.0221. The summed E-state index contributed by atoms with van der Waals surface area (Å²) in [6.45, 7) is 1.79. The van der Waals surface area contributed by atoms with E-state index in [1.54, 1.807) is 6.92 Å². The van der Waals surface area contributed by atoms with Crippen LogP contribution < -0.4 is 0 Å². The van der Waals surface area contributed by atoms with Gasteiger partial charge < -0.3 is 0 Å². The van der Waals surface area contributed by atoms with Gasteiger partial charge in [0.2, 0.25) is 0 Å². The molecule has 1 aromatic rings. The van der Waals surface area contributed by atoms with E-state index in [4.69, 9.17) is 23.2 Å². The van der Waals surface area contributed by atoms with Crippen molar-refractivity contribution in [2.75, 3.05) is 0 Å². The number of ketones is 1. The molecule has 0 bridgehead atoms. The molecule has 1 unspecified atom stereocenters. The maximum Gasteiger partial charge on any atom is 0.160 e. The lowest BCUT2D eigenvalue weighted by molar-refractivity contribution is -0.118. The molecule has 16 heavy (non-hydrogen) atoms. The van der Waals surface area contributed by atoms with Crippen LogP contribution in [0.1, 0.15) is 18.9 Å². The van der Waals surface area contributed by atoms with E-state index in [-0.39, 0.29) is 20.7 Å². The Labute approximate surface area is 112 Å². The number of benzene rings is 1. The smallest absolute Gasteiger partial charge is 0.160 e. The monoisotopic (exact) mass is 326 g/mol. The van der Waals surface area contributed by atoms with Gasteiger partial charge in [-0.05, 0) is 24.1 Å². The molecule has 0 spiro atoms. The van der Waals surface area contributed by atoms with E-state index in [9.17, 15) is 9.18 Å². The summed E-state index contributed by atoms with van der Waals surface area (Å²) in [5.41, 5.74) is 0.736. The lowest BCUT2D eigenvalue weighted by Crippen LogP contribution is -2.15. The van der Waals surface area contributed by atoms with Gasteiger partial charge in [-0.25, -0.2) is 4.39 Å². The molecule has 1 aromatic carbocycles. The van der Waals surface area contributed by atoms with Crippen LogP contribution in [0.3, 0.4) is 0 Å². The maximum absolute atomic E-state index is 13.1. The summed E-state index contributed by atoms with van der Waals surface area (Å²) in [7, 11) is 0. The molecule has 0 heterocycles. The SMILES string of the molecule is CCC(=O)C(Br)Cc1cc(Cl)c(F)c(Cl)c1. The highest BCUT2D eigenvalue weighted by Gasteiger charge is 2.15. The number of hydrogen-bond donors (Lipinski definition) is 0. The second-order valence-electron chi connectivity index (χ2n) is 3.36. The molecule has 0 radical (unpaired) electrons. The fourth-order valence-corrected chi connectivity index (χ4v) is 2.50. The summed E-state index contributed by atoms with van der Waals surface area (Å²) >= 11 is 14.6. The van der Waals surface area contributed by atoms with E-state index in [2.05, 4.69) is 15.9 Å². The van der Waals surface area contributed by atoms with Crippen molar-refractivity contribution in [3.8, 4) is 0 Å². The first-order valence-electron chi connectivity index (χ1n) is 4.76. The Morgan fingerprint density at radius 2 is 1.94 bits per heavy atom. The fourth-order valence-electron chi connectivity index (χ4n) is 1.27. The van der Waals surface area contributed by atoms with Crippen LogP contribution in [0.5, 0.6) is 0 Å². The number of Topliss-reactive ketones (excluding diaryl/α,β-unsaturated/α-hetero) is 1. The maximum atomic E-state index is 13.1. The van der Waals surface area contributed by atoms with Crippen LogP contribution in [0.2, 0.25) is 10.0 Å². The third kappa shape index (κ3) is 3.44. The van der Waals surface area contributed by atoms with E-state index < -0.39 is 5.82 Å². The van der Waals surface area contributed by atoms with Crippen molar-refractivity contribution < 1.29 is 9.18 Å². The van der Waals surface area contributed by atoms with Gasteiger partial charge in [-0.3, -0.25) is 4.79 Å². The standard InChI is InChI=1S/C11H10BrCl2FO/c1-2-10(16)7(12)3-6-4-8(13)11(15)9(14)5-6/h4-5,7H,2-3H2,1H3. The molecule has 1 nitrogen and oxygen atoms in total. The minimum atomic E-state index is -0.625. The van der Waals surface area contributed by atoms with Gasteiger partial charge >= 0.3 is 0 Å². The van der Waals surface area contributed by atoms with Gasteiger partial charge in [0.25, 0.3) is 0 Å². The van der Waals surface area contributed by atoms with E-state index in [1.807, 2.05) is 0 Å². The number of carbonyl (C=O) groups excluding carboxylic acids is 1. The van der Waals surface area contributed by atoms with Crippen molar-refractivity contribution in [2.24, 2.45) is 0 Å². The van der Waals surface area contributed by atoms with Crippen LogP contribution in [0.15, 0.2) is 12.1 Å². The summed E-state index contributed by atoms with van der Waals surface area (Å²) in [5, 5.41) is -0.0442. The van der Waals surface area contributed by atoms with E-state index in [1.165, 1.54) is 12.1 Å². The first-order chi connectivity index (χ1) is 7.45. The minimum Gasteiger partial charge on any atom is -0.298 e. The van der Waals surface area contributed by atoms with Gasteiger partial charge in [-0.1, -0.05) is 46.1 Å². The molecular weight excluding hydrogens is 318 g/mol. The largest absolute Gasteiger partial charge is 0.298 e. The van der Waals surface area contributed by atoms with Gasteiger partial charge in [0.15, 0.2) is 5.82 Å². The van der Waals surface area contributed by atoms with Crippen LogP contribution in [0.25, 0.3) is 0 Å². The summed E-state index contributed by atoms with van der Waals surface area (Å²) in [5.74, 6) is -0.531. The quantitative estimate of drug-likeness (QED) is 0.591. The van der Waals surface area contributed by atoms with E-state index in [0.29, 0.717) is 12.8 Å². The Morgan fingerprint density at radius 1 is 1.44 bits per heavy atom. The van der Waals surface area contributed by atoms with E-state index in [0.717, 1.165) is 5.56 Å². The summed E-state index contributed by atoms with van der Waals surface area (Å²) in [6.07, 6.45) is 0.908. The summed E-state index contributed by atoms with van der Waals surface area (Å²) < 4.78 is 13.1. The van der Waals surface area contributed by atoms with Crippen LogP contribution in [-0.4, -0.2) is 10.6 Å². The number of rotatable bonds is 4. The summed E-state index contributed by atoms with van der Waals surface area (Å²) in [6, 6.07) is 2.97. The highest BCUT2D eigenvalue weighted by Crippen LogP contribution is 2.26. The topological polar surface area (TPSA) is 17.1 Å². The van der Waals surface area contributed by atoms with Crippen molar-refractivity contribution in [2.45, 2.75) is 24.6 Å². The van der Waals surface area contributed by atoms with Gasteiger partial charge in [-0.2, -0.15) is 0 Å². The zero-order valence-corrected chi connectivity index (χ0v) is 11.7. The first kappa shape index (κ1) is 13.9. The second-order valence-corrected chi connectivity index (χ2v) is 5.28. The Kier molecular flexibility index (Phi) is 5.22. The highest BCUT2D eigenvalue weighted by atomic mass is 79.9. The van der Waals surface area contributed by atoms with Gasteiger partial charge in [0.1, 0.15) is 5.78 Å². The average molecular weight is 328 g/mol. The third-order valence-electron chi connectivity index (χ3n) is 2.16. The predicted molar refractivity (Wildman–Crippen MR) is 68.1 cm³/mol. The Balaban J connectivity index is 2.86. The molecule has 0 aliphatic carbocycles. The Hall–Kier alpha value is -0.120. The highest BCUT2D eigenvalue weighted by molar-refractivity contribution is 9.10. The van der Waals surface area contributed by atoms with Crippen LogP contribution >= 0.6 is 39.1 Å². The van der Waals surface area contributed by atoms with Gasteiger partial charge in [0, 0.05) is 6.42 Å². The zero-order valence-electron chi connectivity index (χ0n) is 8.57. The molecule has 0 aliphatic rings. The molecule has 0 amide bonds. The molecule has 0 aromatic heterocycles.